The molecule has 0 bridgehead atoms. The van der Waals surface area contributed by atoms with Crippen LogP contribution in [0.5, 0.6) is 5.75 Å². The Morgan fingerprint density at radius 3 is 2.55 bits per heavy atom. The summed E-state index contributed by atoms with van der Waals surface area (Å²) in [6.07, 6.45) is 5.47. The molecule has 3 rings (SSSR count). The molecule has 31 heavy (non-hydrogen) atoms. The van der Waals surface area contributed by atoms with Crippen molar-refractivity contribution >= 4 is 11.8 Å². The molecule has 0 saturated carbocycles. The van der Waals surface area contributed by atoms with Crippen LogP contribution in [-0.4, -0.2) is 41.5 Å². The Morgan fingerprint density at radius 1 is 1.19 bits per heavy atom. The highest BCUT2D eigenvalue weighted by Crippen LogP contribution is 2.36. The maximum absolute atomic E-state index is 12.5. The highest BCUT2D eigenvalue weighted by molar-refractivity contribution is 6.02. The van der Waals surface area contributed by atoms with Crippen LogP contribution in [-0.2, 0) is 17.8 Å². The minimum atomic E-state index is -0.396. The van der Waals surface area contributed by atoms with Crippen molar-refractivity contribution in [2.75, 3.05) is 20.2 Å². The minimum Gasteiger partial charge on any atom is -0.496 e. The molecule has 2 aromatic rings. The van der Waals surface area contributed by atoms with Crippen LogP contribution < -0.4 is 10.5 Å². The zero-order chi connectivity index (χ0) is 22.5. The van der Waals surface area contributed by atoms with Crippen LogP contribution in [0.1, 0.15) is 66.3 Å². The number of hydrogen-bond acceptors (Lipinski definition) is 3. The number of nitrogens with two attached hydrogens (primary N) is 1. The third-order valence-electron chi connectivity index (χ3n) is 6.31. The molecule has 0 aliphatic carbocycles. The van der Waals surface area contributed by atoms with Crippen LogP contribution in [0.15, 0.2) is 18.2 Å². The summed E-state index contributed by atoms with van der Waals surface area (Å²) in [4.78, 5) is 26.4. The summed E-state index contributed by atoms with van der Waals surface area (Å²) < 4.78 is 7.67. The molecule has 1 saturated heterocycles. The van der Waals surface area contributed by atoms with Crippen molar-refractivity contribution in [1.29, 1.82) is 0 Å². The van der Waals surface area contributed by atoms with E-state index in [0.29, 0.717) is 12.0 Å². The number of aryl methyl sites for hydroxylation is 1. The van der Waals surface area contributed by atoms with Crippen molar-refractivity contribution < 1.29 is 14.3 Å². The first-order valence-electron chi connectivity index (χ1n) is 11.3. The highest BCUT2D eigenvalue weighted by Gasteiger charge is 2.25. The van der Waals surface area contributed by atoms with E-state index in [9.17, 15) is 9.59 Å². The van der Waals surface area contributed by atoms with Crippen LogP contribution in [0.2, 0.25) is 0 Å². The molecule has 6 nitrogen and oxygen atoms in total. The zero-order valence-corrected chi connectivity index (χ0v) is 19.3. The van der Waals surface area contributed by atoms with Gasteiger partial charge >= 0.3 is 0 Å². The molecular weight excluding hydrogens is 390 g/mol. The number of unbranched alkanes of at least 4 members (excludes halogenated alkanes) is 1. The Labute approximate surface area is 185 Å². The molecule has 6 heteroatoms. The molecule has 0 spiro atoms. The zero-order valence-electron chi connectivity index (χ0n) is 19.3. The van der Waals surface area contributed by atoms with Gasteiger partial charge in [-0.05, 0) is 62.8 Å². The number of likely N-dealkylation sites (tertiary alicyclic amines) is 1. The van der Waals surface area contributed by atoms with Crippen molar-refractivity contribution in [1.82, 2.24) is 9.47 Å². The summed E-state index contributed by atoms with van der Waals surface area (Å²) in [5, 5.41) is 0. The van der Waals surface area contributed by atoms with E-state index >= 15 is 0 Å². The van der Waals surface area contributed by atoms with Gasteiger partial charge in [-0.25, -0.2) is 0 Å². The van der Waals surface area contributed by atoms with Gasteiger partial charge in [-0.2, -0.15) is 0 Å². The third kappa shape index (κ3) is 4.78. The van der Waals surface area contributed by atoms with Crippen LogP contribution in [0.25, 0.3) is 11.1 Å². The van der Waals surface area contributed by atoms with E-state index in [4.69, 9.17) is 10.5 Å². The number of hydrogen-bond donors (Lipinski definition) is 1. The molecule has 1 aromatic heterocycles. The normalized spacial score (nSPS) is 13.8. The Morgan fingerprint density at radius 2 is 1.97 bits per heavy atom. The molecular formula is C25H35N3O3. The summed E-state index contributed by atoms with van der Waals surface area (Å²) in [7, 11) is 1.66. The standard InChI is InChI=1S/C25H35N3O3/c1-5-6-9-20-24(19-11-12-21(31-4)17(2)16-19)23(25(26)30)18(3)28(20)15-8-14-27-13-7-10-22(27)29/h11-12,16H,5-10,13-15H2,1-4H3,(H2,26,30). The number of benzene rings is 1. The summed E-state index contributed by atoms with van der Waals surface area (Å²) in [5.41, 5.74) is 11.5. The first-order chi connectivity index (χ1) is 14.9. The van der Waals surface area contributed by atoms with Crippen LogP contribution in [0, 0.1) is 13.8 Å². The Kier molecular flexibility index (Phi) is 7.42. The van der Waals surface area contributed by atoms with Gasteiger partial charge < -0.3 is 19.9 Å². The lowest BCUT2D eigenvalue weighted by Crippen LogP contribution is -2.26. The maximum atomic E-state index is 12.5. The highest BCUT2D eigenvalue weighted by atomic mass is 16.5. The summed E-state index contributed by atoms with van der Waals surface area (Å²) in [5.74, 6) is 0.681. The Bertz CT molecular complexity index is 961. The molecule has 2 amide bonds. The van der Waals surface area contributed by atoms with E-state index in [-0.39, 0.29) is 5.91 Å². The smallest absolute Gasteiger partial charge is 0.251 e. The van der Waals surface area contributed by atoms with Gasteiger partial charge in [-0.1, -0.05) is 19.4 Å². The first-order valence-corrected chi connectivity index (χ1v) is 11.3. The van der Waals surface area contributed by atoms with Gasteiger partial charge in [0.2, 0.25) is 5.91 Å². The van der Waals surface area contributed by atoms with Crippen molar-refractivity contribution in [2.45, 2.75) is 65.8 Å². The number of carbonyl (C=O) groups is 2. The Hall–Kier alpha value is -2.76. The van der Waals surface area contributed by atoms with E-state index in [1.807, 2.05) is 30.9 Å². The second kappa shape index (κ2) is 10.0. The second-order valence-corrected chi connectivity index (χ2v) is 8.42. The van der Waals surface area contributed by atoms with Crippen molar-refractivity contribution in [3.63, 3.8) is 0 Å². The molecule has 1 fully saturated rings. The van der Waals surface area contributed by atoms with Crippen LogP contribution in [0.3, 0.4) is 0 Å². The molecule has 168 valence electrons. The summed E-state index contributed by atoms with van der Waals surface area (Å²) in [6.45, 7) is 8.54. The topological polar surface area (TPSA) is 77.6 Å². The minimum absolute atomic E-state index is 0.252. The molecule has 2 heterocycles. The molecule has 1 aromatic carbocycles. The number of amides is 2. The fourth-order valence-electron chi connectivity index (χ4n) is 4.71. The predicted octanol–water partition coefficient (Wildman–Crippen LogP) is 4.23. The number of primary amides is 1. The number of carbonyl (C=O) groups excluding carboxylic acids is 2. The van der Waals surface area contributed by atoms with Crippen molar-refractivity contribution in [3.05, 3.63) is 40.7 Å². The third-order valence-corrected chi connectivity index (χ3v) is 6.31. The molecule has 1 aliphatic rings. The van der Waals surface area contributed by atoms with E-state index < -0.39 is 5.91 Å². The van der Waals surface area contributed by atoms with Crippen molar-refractivity contribution in [2.24, 2.45) is 5.73 Å². The fourth-order valence-corrected chi connectivity index (χ4v) is 4.71. The van der Waals surface area contributed by atoms with Gasteiger partial charge in [0.05, 0.1) is 12.7 Å². The Balaban J connectivity index is 2.01. The van der Waals surface area contributed by atoms with Gasteiger partial charge in [0.25, 0.3) is 5.91 Å². The fraction of sp³-hybridized carbons (Fsp3) is 0.520. The van der Waals surface area contributed by atoms with Gasteiger partial charge in [0, 0.05) is 43.0 Å². The number of methoxy groups -OCH3 is 1. The van der Waals surface area contributed by atoms with Crippen molar-refractivity contribution in [3.8, 4) is 16.9 Å². The average Bonchev–Trinajstić information content (AvgIpc) is 3.27. The van der Waals surface area contributed by atoms with Gasteiger partial charge in [0.15, 0.2) is 0 Å². The predicted molar refractivity (Wildman–Crippen MR) is 123 cm³/mol. The van der Waals surface area contributed by atoms with E-state index in [1.54, 1.807) is 7.11 Å². The molecule has 0 atom stereocenters. The number of nitrogens with zero attached hydrogens (tertiary/aromatic N) is 2. The monoisotopic (exact) mass is 425 g/mol. The lowest BCUT2D eigenvalue weighted by molar-refractivity contribution is -0.127. The molecule has 1 aliphatic heterocycles. The number of ether oxygens (including phenoxy) is 1. The molecule has 0 radical (unpaired) electrons. The van der Waals surface area contributed by atoms with Crippen LogP contribution >= 0.6 is 0 Å². The largest absolute Gasteiger partial charge is 0.496 e. The maximum Gasteiger partial charge on any atom is 0.251 e. The lowest BCUT2D eigenvalue weighted by Gasteiger charge is -2.18. The second-order valence-electron chi connectivity index (χ2n) is 8.42. The van der Waals surface area contributed by atoms with Gasteiger partial charge in [-0.3, -0.25) is 9.59 Å². The molecule has 2 N–H and O–H groups in total. The lowest BCUT2D eigenvalue weighted by atomic mass is 9.96. The SMILES string of the molecule is CCCCc1c(-c2ccc(OC)c(C)c2)c(C(N)=O)c(C)n1CCCN1CCCC1=O. The van der Waals surface area contributed by atoms with Crippen LogP contribution in [0.4, 0.5) is 0 Å². The first kappa shape index (κ1) is 22.9. The average molecular weight is 426 g/mol. The number of aromatic nitrogens is 1. The van der Waals surface area contributed by atoms with Gasteiger partial charge in [-0.15, -0.1) is 0 Å². The van der Waals surface area contributed by atoms with Gasteiger partial charge in [0.1, 0.15) is 5.75 Å². The summed E-state index contributed by atoms with van der Waals surface area (Å²) >= 11 is 0. The summed E-state index contributed by atoms with van der Waals surface area (Å²) in [6, 6.07) is 6.03. The van der Waals surface area contributed by atoms with E-state index in [0.717, 1.165) is 85.6 Å². The molecule has 0 unspecified atom stereocenters. The quantitative estimate of drug-likeness (QED) is 0.619. The number of rotatable bonds is 10. The van der Waals surface area contributed by atoms with E-state index in [2.05, 4.69) is 17.6 Å². The van der Waals surface area contributed by atoms with E-state index in [1.165, 1.54) is 0 Å².